The minimum Gasteiger partial charge on any atom is -0.491 e. The van der Waals surface area contributed by atoms with Gasteiger partial charge in [0.1, 0.15) is 12.4 Å². The maximum atomic E-state index is 12.0. The second-order valence-corrected chi connectivity index (χ2v) is 8.51. The lowest BCUT2D eigenvalue weighted by atomic mass is 10.1. The highest BCUT2D eigenvalue weighted by atomic mass is 32.2. The summed E-state index contributed by atoms with van der Waals surface area (Å²) in [5, 5.41) is 10.1. The van der Waals surface area contributed by atoms with Gasteiger partial charge in [0.05, 0.1) is 11.0 Å². The Bertz CT molecular complexity index is 1020. The number of ether oxygens (including phenoxy) is 1. The summed E-state index contributed by atoms with van der Waals surface area (Å²) in [6.45, 7) is 0.204. The van der Waals surface area contributed by atoms with Crippen LogP contribution < -0.4 is 9.46 Å². The number of hydrogen-bond acceptors (Lipinski definition) is 5. The van der Waals surface area contributed by atoms with Gasteiger partial charge in [0.15, 0.2) is 0 Å². The predicted molar refractivity (Wildman–Crippen MR) is 112 cm³/mol. The third kappa shape index (κ3) is 5.87. The molecule has 1 heterocycles. The fourth-order valence-electron chi connectivity index (χ4n) is 2.86. The molecule has 6 nitrogen and oxygen atoms in total. The number of nitrogens with zero attached hydrogens (tertiary/aromatic N) is 1. The van der Waals surface area contributed by atoms with Crippen LogP contribution in [0, 0.1) is 0 Å². The van der Waals surface area contributed by atoms with Crippen molar-refractivity contribution < 1.29 is 18.3 Å². The number of benzene rings is 2. The Morgan fingerprint density at radius 2 is 1.86 bits per heavy atom. The smallest absolute Gasteiger partial charge is 0.240 e. The Morgan fingerprint density at radius 3 is 2.55 bits per heavy atom. The van der Waals surface area contributed by atoms with Gasteiger partial charge in [-0.05, 0) is 66.9 Å². The molecule has 3 rings (SSSR count). The summed E-state index contributed by atoms with van der Waals surface area (Å²) in [7, 11) is -2.10. The van der Waals surface area contributed by atoms with Gasteiger partial charge < -0.3 is 9.84 Å². The van der Waals surface area contributed by atoms with Crippen LogP contribution in [0.15, 0.2) is 78.0 Å². The zero-order valence-electron chi connectivity index (χ0n) is 16.2. The Morgan fingerprint density at radius 1 is 1.07 bits per heavy atom. The molecule has 0 aliphatic heterocycles. The van der Waals surface area contributed by atoms with Crippen LogP contribution in [0.25, 0.3) is 11.1 Å². The number of hydrogen-bond donors (Lipinski definition) is 2. The fraction of sp³-hybridized carbons (Fsp3) is 0.227. The van der Waals surface area contributed by atoms with E-state index in [0.29, 0.717) is 12.2 Å². The molecule has 152 valence electrons. The Kier molecular flexibility index (Phi) is 6.98. The van der Waals surface area contributed by atoms with Crippen molar-refractivity contribution in [1.29, 1.82) is 0 Å². The van der Waals surface area contributed by atoms with Gasteiger partial charge in [-0.15, -0.1) is 0 Å². The van der Waals surface area contributed by atoms with Gasteiger partial charge in [-0.25, -0.2) is 13.1 Å². The largest absolute Gasteiger partial charge is 0.491 e. The molecule has 0 amide bonds. The fourth-order valence-corrected chi connectivity index (χ4v) is 3.63. The Labute approximate surface area is 171 Å². The van der Waals surface area contributed by atoms with Crippen molar-refractivity contribution in [3.63, 3.8) is 0 Å². The van der Waals surface area contributed by atoms with Crippen molar-refractivity contribution in [3.8, 4) is 16.9 Å². The van der Waals surface area contributed by atoms with Crippen LogP contribution in [0.1, 0.15) is 12.0 Å². The van der Waals surface area contributed by atoms with Crippen LogP contribution in [0.4, 0.5) is 0 Å². The van der Waals surface area contributed by atoms with Gasteiger partial charge in [0.25, 0.3) is 0 Å². The second-order valence-electron chi connectivity index (χ2n) is 6.62. The first kappa shape index (κ1) is 21.0. The summed E-state index contributed by atoms with van der Waals surface area (Å²) in [5.74, 6) is 0.646. The second kappa shape index (κ2) is 9.65. The van der Waals surface area contributed by atoms with Gasteiger partial charge >= 0.3 is 0 Å². The summed E-state index contributed by atoms with van der Waals surface area (Å²) in [4.78, 5) is 4.28. The van der Waals surface area contributed by atoms with Crippen molar-refractivity contribution >= 4 is 10.0 Å². The molecule has 0 aliphatic rings. The maximum Gasteiger partial charge on any atom is 0.240 e. The molecule has 1 atom stereocenters. The predicted octanol–water partition coefficient (Wildman–Crippen LogP) is 3.03. The molecular formula is C22H24N2O4S. The molecule has 2 N–H and O–H groups in total. The lowest BCUT2D eigenvalue weighted by Crippen LogP contribution is -2.18. The number of sulfonamides is 1. The molecule has 7 heteroatoms. The molecule has 0 saturated carbocycles. The maximum absolute atomic E-state index is 12.0. The molecule has 0 bridgehead atoms. The van der Waals surface area contributed by atoms with E-state index in [0.717, 1.165) is 23.1 Å². The van der Waals surface area contributed by atoms with E-state index < -0.39 is 16.1 Å². The lowest BCUT2D eigenvalue weighted by molar-refractivity contribution is 0.100. The molecule has 2 aromatic carbocycles. The Balaban J connectivity index is 1.57. The number of aliphatic hydroxyl groups is 1. The molecule has 0 fully saturated rings. The molecule has 29 heavy (non-hydrogen) atoms. The zero-order chi connectivity index (χ0) is 20.7. The van der Waals surface area contributed by atoms with Gasteiger partial charge in [-0.3, -0.25) is 4.98 Å². The average molecular weight is 413 g/mol. The molecule has 0 saturated heterocycles. The summed E-state index contributed by atoms with van der Waals surface area (Å²) < 4.78 is 31.9. The summed E-state index contributed by atoms with van der Waals surface area (Å²) in [6, 6.07) is 18.0. The van der Waals surface area contributed by atoms with E-state index in [1.54, 1.807) is 30.6 Å². The van der Waals surface area contributed by atoms with Gasteiger partial charge in [0, 0.05) is 12.4 Å². The van der Waals surface area contributed by atoms with E-state index >= 15 is 0 Å². The highest BCUT2D eigenvalue weighted by molar-refractivity contribution is 7.89. The Hall–Kier alpha value is -2.74. The van der Waals surface area contributed by atoms with Gasteiger partial charge in [-0.1, -0.05) is 30.3 Å². The first-order chi connectivity index (χ1) is 14.0. The van der Waals surface area contributed by atoms with Crippen molar-refractivity contribution in [1.82, 2.24) is 9.71 Å². The molecule has 0 unspecified atom stereocenters. The number of nitrogens with one attached hydrogen (secondary N) is 1. The molecule has 0 spiro atoms. The van der Waals surface area contributed by atoms with Crippen molar-refractivity contribution in [3.05, 3.63) is 78.6 Å². The molecule has 0 aliphatic carbocycles. The van der Waals surface area contributed by atoms with Crippen LogP contribution in [-0.4, -0.2) is 38.3 Å². The quantitative estimate of drug-likeness (QED) is 0.564. The van der Waals surface area contributed by atoms with E-state index in [2.05, 4.69) is 9.71 Å². The zero-order valence-corrected chi connectivity index (χ0v) is 17.0. The standard InChI is InChI=1S/C22H24N2O4S/c1-23-29(26,27)22-6-2-5-19(14-22)18-8-11-21(12-9-18)28-16-20(25)10-7-17-4-3-13-24-15-17/h2-6,8-9,11-15,20,23,25H,7,10,16H2,1H3/t20-/m1/s1. The summed E-state index contributed by atoms with van der Waals surface area (Å²) in [5.41, 5.74) is 2.76. The minimum absolute atomic E-state index is 0.204. The van der Waals surface area contributed by atoms with E-state index in [1.807, 2.05) is 42.5 Å². The van der Waals surface area contributed by atoms with Crippen molar-refractivity contribution in [2.75, 3.05) is 13.7 Å². The van der Waals surface area contributed by atoms with Crippen LogP contribution >= 0.6 is 0 Å². The van der Waals surface area contributed by atoms with Gasteiger partial charge in [-0.2, -0.15) is 0 Å². The van der Waals surface area contributed by atoms with Crippen LogP contribution in [0.5, 0.6) is 5.75 Å². The van der Waals surface area contributed by atoms with Gasteiger partial charge in [0.2, 0.25) is 10.0 Å². The highest BCUT2D eigenvalue weighted by Crippen LogP contribution is 2.25. The van der Waals surface area contributed by atoms with Crippen LogP contribution in [-0.2, 0) is 16.4 Å². The first-order valence-corrected chi connectivity index (χ1v) is 10.8. The highest BCUT2D eigenvalue weighted by Gasteiger charge is 2.12. The number of rotatable bonds is 9. The number of aromatic nitrogens is 1. The first-order valence-electron chi connectivity index (χ1n) is 9.32. The number of pyridine rings is 1. The topological polar surface area (TPSA) is 88.5 Å². The van der Waals surface area contributed by atoms with E-state index in [-0.39, 0.29) is 11.5 Å². The van der Waals surface area contributed by atoms with E-state index in [1.165, 1.54) is 7.05 Å². The van der Waals surface area contributed by atoms with E-state index in [9.17, 15) is 13.5 Å². The number of aliphatic hydroxyl groups excluding tert-OH is 1. The normalized spacial score (nSPS) is 12.5. The minimum atomic E-state index is -3.49. The monoisotopic (exact) mass is 412 g/mol. The summed E-state index contributed by atoms with van der Waals surface area (Å²) in [6.07, 6.45) is 4.28. The third-order valence-corrected chi connectivity index (χ3v) is 5.94. The van der Waals surface area contributed by atoms with E-state index in [4.69, 9.17) is 4.74 Å². The SMILES string of the molecule is CNS(=O)(=O)c1cccc(-c2ccc(OC[C@H](O)CCc3cccnc3)cc2)c1. The van der Waals surface area contributed by atoms with Crippen molar-refractivity contribution in [2.24, 2.45) is 0 Å². The average Bonchev–Trinajstić information content (AvgIpc) is 2.77. The summed E-state index contributed by atoms with van der Waals surface area (Å²) >= 11 is 0. The number of aryl methyl sites for hydroxylation is 1. The lowest BCUT2D eigenvalue weighted by Gasteiger charge is -2.13. The van der Waals surface area contributed by atoms with Crippen LogP contribution in [0.3, 0.4) is 0 Å². The molecule has 3 aromatic rings. The molecule has 1 aromatic heterocycles. The van der Waals surface area contributed by atoms with Crippen molar-refractivity contribution in [2.45, 2.75) is 23.8 Å². The molecule has 0 radical (unpaired) electrons. The van der Waals surface area contributed by atoms with Crippen LogP contribution in [0.2, 0.25) is 0 Å². The third-order valence-electron chi connectivity index (χ3n) is 4.53. The molecular weight excluding hydrogens is 388 g/mol.